The summed E-state index contributed by atoms with van der Waals surface area (Å²) in [6, 6.07) is 1.76. The Labute approximate surface area is 89.5 Å². The number of benzene rings is 1. The summed E-state index contributed by atoms with van der Waals surface area (Å²) in [5, 5.41) is 18.2. The molecule has 1 aromatic rings. The van der Waals surface area contributed by atoms with Gasteiger partial charge in [0.15, 0.2) is 0 Å². The zero-order valence-corrected chi connectivity index (χ0v) is 8.96. The zero-order chi connectivity index (χ0) is 10.7. The van der Waals surface area contributed by atoms with Crippen molar-refractivity contribution in [3.8, 4) is 5.75 Å². The Bertz CT molecular complexity index is 333. The molecule has 0 fully saturated rings. The van der Waals surface area contributed by atoms with Crippen molar-refractivity contribution in [2.75, 3.05) is 6.61 Å². The van der Waals surface area contributed by atoms with Crippen LogP contribution in [0.1, 0.15) is 18.0 Å². The van der Waals surface area contributed by atoms with Gasteiger partial charge in [-0.15, -0.1) is 0 Å². The first-order valence-electron chi connectivity index (χ1n) is 4.10. The molecule has 0 saturated heterocycles. The number of hydrogen-bond acceptors (Lipinski definition) is 3. The molecule has 0 radical (unpaired) electrons. The molecule has 0 heterocycles. The molecule has 4 N–H and O–H groups in total. The van der Waals surface area contributed by atoms with E-state index in [1.54, 1.807) is 0 Å². The van der Waals surface area contributed by atoms with E-state index in [1.165, 1.54) is 6.07 Å². The van der Waals surface area contributed by atoms with Crippen molar-refractivity contribution in [1.82, 2.24) is 0 Å². The normalized spacial score (nSPS) is 12.9. The number of rotatable bonds is 3. The fourth-order valence-electron chi connectivity index (χ4n) is 1.16. The van der Waals surface area contributed by atoms with Crippen LogP contribution in [0.25, 0.3) is 0 Å². The molecule has 1 aromatic carbocycles. The lowest BCUT2D eigenvalue weighted by Crippen LogP contribution is -2.12. The van der Waals surface area contributed by atoms with Gasteiger partial charge >= 0.3 is 0 Å². The number of hydrogen-bond donors (Lipinski definition) is 3. The van der Waals surface area contributed by atoms with Gasteiger partial charge < -0.3 is 15.9 Å². The lowest BCUT2D eigenvalue weighted by atomic mass is 10.0. The first-order valence-corrected chi connectivity index (χ1v) is 4.90. The highest BCUT2D eigenvalue weighted by atomic mass is 79.9. The van der Waals surface area contributed by atoms with Crippen molar-refractivity contribution >= 4 is 15.9 Å². The number of phenolic OH excluding ortho intramolecular Hbond substituents is 1. The van der Waals surface area contributed by atoms with Gasteiger partial charge in [-0.25, -0.2) is 4.39 Å². The second-order valence-electron chi connectivity index (χ2n) is 2.94. The molecule has 0 aromatic heterocycles. The predicted molar refractivity (Wildman–Crippen MR) is 54.4 cm³/mol. The SMILES string of the molecule is N[C@@H](CCO)c1cc(F)cc(Br)c1O. The van der Waals surface area contributed by atoms with E-state index in [-0.39, 0.29) is 23.2 Å². The first-order chi connectivity index (χ1) is 6.56. The zero-order valence-electron chi connectivity index (χ0n) is 7.37. The van der Waals surface area contributed by atoms with Crippen molar-refractivity contribution < 1.29 is 14.6 Å². The first kappa shape index (κ1) is 11.4. The molecule has 0 amide bonds. The Morgan fingerprint density at radius 3 is 2.71 bits per heavy atom. The van der Waals surface area contributed by atoms with Crippen molar-refractivity contribution in [3.05, 3.63) is 28.0 Å². The van der Waals surface area contributed by atoms with Gasteiger partial charge in [0.25, 0.3) is 0 Å². The molecular weight excluding hydrogens is 253 g/mol. The van der Waals surface area contributed by atoms with E-state index < -0.39 is 11.9 Å². The van der Waals surface area contributed by atoms with E-state index in [2.05, 4.69) is 15.9 Å². The maximum absolute atomic E-state index is 12.9. The van der Waals surface area contributed by atoms with Gasteiger partial charge in [0, 0.05) is 18.2 Å². The van der Waals surface area contributed by atoms with E-state index in [0.29, 0.717) is 5.56 Å². The number of phenols is 1. The van der Waals surface area contributed by atoms with Crippen LogP contribution in [0.15, 0.2) is 16.6 Å². The third-order valence-electron chi connectivity index (χ3n) is 1.90. The van der Waals surface area contributed by atoms with E-state index >= 15 is 0 Å². The molecule has 0 aliphatic carbocycles. The molecule has 0 unspecified atom stereocenters. The lowest BCUT2D eigenvalue weighted by Gasteiger charge is -2.13. The van der Waals surface area contributed by atoms with Gasteiger partial charge in [-0.05, 0) is 34.5 Å². The molecule has 0 bridgehead atoms. The maximum Gasteiger partial charge on any atom is 0.134 e. The second kappa shape index (κ2) is 4.72. The van der Waals surface area contributed by atoms with Crippen molar-refractivity contribution in [3.63, 3.8) is 0 Å². The molecule has 0 saturated carbocycles. The van der Waals surface area contributed by atoms with Crippen molar-refractivity contribution in [2.45, 2.75) is 12.5 Å². The van der Waals surface area contributed by atoms with Gasteiger partial charge in [-0.3, -0.25) is 0 Å². The monoisotopic (exact) mass is 263 g/mol. The van der Waals surface area contributed by atoms with Crippen molar-refractivity contribution in [1.29, 1.82) is 0 Å². The minimum Gasteiger partial charge on any atom is -0.506 e. The molecule has 1 rings (SSSR count). The van der Waals surface area contributed by atoms with Crippen LogP contribution in [0.5, 0.6) is 5.75 Å². The molecule has 5 heteroatoms. The predicted octanol–water partition coefficient (Wildman–Crippen LogP) is 1.68. The third-order valence-corrected chi connectivity index (χ3v) is 2.50. The average Bonchev–Trinajstić information content (AvgIpc) is 2.11. The van der Waals surface area contributed by atoms with E-state index in [0.717, 1.165) is 6.07 Å². The van der Waals surface area contributed by atoms with Gasteiger partial charge in [0.1, 0.15) is 11.6 Å². The van der Waals surface area contributed by atoms with E-state index in [9.17, 15) is 9.50 Å². The summed E-state index contributed by atoms with van der Waals surface area (Å²) in [5.41, 5.74) is 5.93. The summed E-state index contributed by atoms with van der Waals surface area (Å²) in [6.07, 6.45) is 0.281. The molecule has 0 aliphatic rings. The van der Waals surface area contributed by atoms with Crippen LogP contribution < -0.4 is 5.73 Å². The standard InChI is InChI=1S/C9H11BrFNO2/c10-7-4-5(11)3-6(9(7)14)8(12)1-2-13/h3-4,8,13-14H,1-2,12H2/t8-/m0/s1. The van der Waals surface area contributed by atoms with Crippen LogP contribution in [-0.2, 0) is 0 Å². The van der Waals surface area contributed by atoms with Crippen LogP contribution in [-0.4, -0.2) is 16.8 Å². The van der Waals surface area contributed by atoms with Crippen LogP contribution in [0.3, 0.4) is 0 Å². The Morgan fingerprint density at radius 1 is 1.50 bits per heavy atom. The Hall–Kier alpha value is -0.650. The van der Waals surface area contributed by atoms with Gasteiger partial charge in [-0.1, -0.05) is 0 Å². The minimum absolute atomic E-state index is 0.0765. The number of halogens is 2. The van der Waals surface area contributed by atoms with E-state index in [1.807, 2.05) is 0 Å². The number of aliphatic hydroxyl groups is 1. The largest absolute Gasteiger partial charge is 0.506 e. The molecule has 1 atom stereocenters. The van der Waals surface area contributed by atoms with Crippen LogP contribution >= 0.6 is 15.9 Å². The smallest absolute Gasteiger partial charge is 0.134 e. The summed E-state index contributed by atoms with van der Waals surface area (Å²) in [6.45, 7) is -0.102. The molecular formula is C9H11BrFNO2. The third kappa shape index (κ3) is 2.43. The fraction of sp³-hybridized carbons (Fsp3) is 0.333. The van der Waals surface area contributed by atoms with Crippen LogP contribution in [0.4, 0.5) is 4.39 Å². The quantitative estimate of drug-likeness (QED) is 0.778. The Kier molecular flexibility index (Phi) is 3.86. The number of aromatic hydroxyl groups is 1. The highest BCUT2D eigenvalue weighted by Crippen LogP contribution is 2.33. The summed E-state index contributed by atoms with van der Waals surface area (Å²) in [4.78, 5) is 0. The molecule has 3 nitrogen and oxygen atoms in total. The Balaban J connectivity index is 3.07. The summed E-state index contributed by atoms with van der Waals surface area (Å²) < 4.78 is 13.2. The Morgan fingerprint density at radius 2 is 2.14 bits per heavy atom. The highest BCUT2D eigenvalue weighted by Gasteiger charge is 2.14. The van der Waals surface area contributed by atoms with Gasteiger partial charge in [-0.2, -0.15) is 0 Å². The average molecular weight is 264 g/mol. The maximum atomic E-state index is 12.9. The number of nitrogens with two attached hydrogens (primary N) is 1. The number of aliphatic hydroxyl groups excluding tert-OH is 1. The molecule has 0 aliphatic heterocycles. The van der Waals surface area contributed by atoms with Crippen molar-refractivity contribution in [2.24, 2.45) is 5.73 Å². The highest BCUT2D eigenvalue weighted by molar-refractivity contribution is 9.10. The van der Waals surface area contributed by atoms with Gasteiger partial charge in [0.05, 0.1) is 4.47 Å². The fourth-order valence-corrected chi connectivity index (χ4v) is 1.61. The summed E-state index contributed by atoms with van der Waals surface area (Å²) in [5.74, 6) is -0.551. The van der Waals surface area contributed by atoms with Crippen LogP contribution in [0, 0.1) is 5.82 Å². The van der Waals surface area contributed by atoms with Gasteiger partial charge in [0.2, 0.25) is 0 Å². The molecule has 0 spiro atoms. The van der Waals surface area contributed by atoms with E-state index in [4.69, 9.17) is 10.8 Å². The summed E-state index contributed by atoms with van der Waals surface area (Å²) >= 11 is 3.01. The summed E-state index contributed by atoms with van der Waals surface area (Å²) in [7, 11) is 0. The minimum atomic E-state index is -0.563. The molecule has 14 heavy (non-hydrogen) atoms. The second-order valence-corrected chi connectivity index (χ2v) is 3.80. The van der Waals surface area contributed by atoms with Crippen LogP contribution in [0.2, 0.25) is 0 Å². The lowest BCUT2D eigenvalue weighted by molar-refractivity contribution is 0.275. The molecule has 78 valence electrons. The topological polar surface area (TPSA) is 66.5 Å².